The zero-order chi connectivity index (χ0) is 22.1. The van der Waals surface area contributed by atoms with Crippen molar-refractivity contribution in [2.75, 3.05) is 21.3 Å². The molecule has 0 radical (unpaired) electrons. The lowest BCUT2D eigenvalue weighted by Crippen LogP contribution is -2.31. The fraction of sp³-hybridized carbons (Fsp3) is 0.200. The Morgan fingerprint density at radius 2 is 1.78 bits per heavy atom. The standard InChI is InChI=1S/C25H23N3O4/c1-29-21-10-9-18(23(30-2)24(21)31-3)25(16-7-5-4-6-8-16)12-11-17-19(13-25)27-28-22(17)20-14-32-15-26-20/h4-12,14-15H,13H2,1-3H3,(H,27,28). The number of ether oxygens (including phenoxy) is 3. The van der Waals surface area contributed by atoms with Crippen molar-refractivity contribution in [3.05, 3.63) is 83.6 Å². The molecule has 0 saturated heterocycles. The van der Waals surface area contributed by atoms with Crippen LogP contribution in [-0.2, 0) is 11.8 Å². The summed E-state index contributed by atoms with van der Waals surface area (Å²) in [5.41, 5.74) is 5.07. The van der Waals surface area contributed by atoms with E-state index in [1.165, 1.54) is 6.39 Å². The van der Waals surface area contributed by atoms with Gasteiger partial charge in [0.25, 0.3) is 0 Å². The quantitative estimate of drug-likeness (QED) is 0.481. The molecule has 2 heterocycles. The van der Waals surface area contributed by atoms with Crippen LogP contribution in [0.1, 0.15) is 22.4 Å². The van der Waals surface area contributed by atoms with E-state index in [2.05, 4.69) is 39.5 Å². The molecular formula is C25H23N3O4. The van der Waals surface area contributed by atoms with Gasteiger partial charge in [-0.1, -0.05) is 48.6 Å². The molecule has 0 aliphatic heterocycles. The number of benzene rings is 2. The maximum absolute atomic E-state index is 5.87. The molecule has 5 rings (SSSR count). The normalized spacial score (nSPS) is 17.1. The SMILES string of the molecule is COc1ccc(C2(c3ccccc3)C=Cc3c(-c4cocn4)n[nH]c3C2)c(OC)c1OC. The number of aromatic amines is 1. The van der Waals surface area contributed by atoms with Crippen LogP contribution < -0.4 is 14.2 Å². The molecule has 1 aliphatic rings. The summed E-state index contributed by atoms with van der Waals surface area (Å²) in [5.74, 6) is 1.82. The summed E-state index contributed by atoms with van der Waals surface area (Å²) in [5, 5.41) is 7.74. The molecule has 0 fully saturated rings. The first-order chi connectivity index (χ1) is 15.7. The van der Waals surface area contributed by atoms with Crippen molar-refractivity contribution < 1.29 is 18.6 Å². The maximum Gasteiger partial charge on any atom is 0.203 e. The highest BCUT2D eigenvalue weighted by Crippen LogP contribution is 2.50. The minimum Gasteiger partial charge on any atom is -0.493 e. The zero-order valence-corrected chi connectivity index (χ0v) is 18.1. The highest BCUT2D eigenvalue weighted by molar-refractivity contribution is 5.75. The molecule has 1 N–H and O–H groups in total. The Balaban J connectivity index is 1.73. The van der Waals surface area contributed by atoms with Gasteiger partial charge in [0.15, 0.2) is 17.9 Å². The van der Waals surface area contributed by atoms with Gasteiger partial charge in [-0.15, -0.1) is 0 Å². The average molecular weight is 429 g/mol. The van der Waals surface area contributed by atoms with Gasteiger partial charge in [0.05, 0.1) is 21.3 Å². The molecular weight excluding hydrogens is 406 g/mol. The first-order valence-electron chi connectivity index (χ1n) is 10.2. The smallest absolute Gasteiger partial charge is 0.203 e. The summed E-state index contributed by atoms with van der Waals surface area (Å²) in [7, 11) is 4.89. The summed E-state index contributed by atoms with van der Waals surface area (Å²) in [6.07, 6.45) is 7.95. The second-order valence-electron chi connectivity index (χ2n) is 7.57. The predicted octanol–water partition coefficient (Wildman–Crippen LogP) is 4.65. The van der Waals surface area contributed by atoms with E-state index in [4.69, 9.17) is 18.6 Å². The molecule has 0 spiro atoms. The highest BCUT2D eigenvalue weighted by atomic mass is 16.5. The summed E-state index contributed by atoms with van der Waals surface area (Å²) in [6, 6.07) is 14.3. The molecule has 4 aromatic rings. The van der Waals surface area contributed by atoms with Crippen molar-refractivity contribution in [1.29, 1.82) is 0 Å². The number of rotatable bonds is 6. The van der Waals surface area contributed by atoms with Gasteiger partial charge in [0.1, 0.15) is 17.7 Å². The number of oxazole rings is 1. The van der Waals surface area contributed by atoms with Crippen molar-refractivity contribution in [1.82, 2.24) is 15.2 Å². The monoisotopic (exact) mass is 429 g/mol. The number of nitrogens with one attached hydrogen (secondary N) is 1. The molecule has 1 atom stereocenters. The Kier molecular flexibility index (Phi) is 4.93. The number of H-pyrrole nitrogens is 1. The fourth-order valence-corrected chi connectivity index (χ4v) is 4.52. The number of fused-ring (bicyclic) bond motifs is 1. The van der Waals surface area contributed by atoms with Gasteiger partial charge in [0, 0.05) is 28.7 Å². The van der Waals surface area contributed by atoms with E-state index < -0.39 is 5.41 Å². The lowest BCUT2D eigenvalue weighted by Gasteiger charge is -2.36. The van der Waals surface area contributed by atoms with Gasteiger partial charge in [-0.25, -0.2) is 4.98 Å². The Morgan fingerprint density at radius 3 is 2.47 bits per heavy atom. The first kappa shape index (κ1) is 19.9. The molecule has 7 nitrogen and oxygen atoms in total. The van der Waals surface area contributed by atoms with Crippen molar-refractivity contribution in [3.8, 4) is 28.6 Å². The zero-order valence-electron chi connectivity index (χ0n) is 18.1. The molecule has 7 heteroatoms. The van der Waals surface area contributed by atoms with Gasteiger partial charge < -0.3 is 18.6 Å². The highest BCUT2D eigenvalue weighted by Gasteiger charge is 2.40. The van der Waals surface area contributed by atoms with E-state index in [1.54, 1.807) is 27.6 Å². The Labute approximate surface area is 185 Å². The van der Waals surface area contributed by atoms with Crippen LogP contribution >= 0.6 is 0 Å². The lowest BCUT2D eigenvalue weighted by molar-refractivity contribution is 0.319. The second-order valence-corrected chi connectivity index (χ2v) is 7.57. The van der Waals surface area contributed by atoms with Crippen LogP contribution in [0.4, 0.5) is 0 Å². The predicted molar refractivity (Wildman–Crippen MR) is 120 cm³/mol. The van der Waals surface area contributed by atoms with Gasteiger partial charge in [-0.05, 0) is 11.6 Å². The van der Waals surface area contributed by atoms with E-state index in [0.29, 0.717) is 29.4 Å². The lowest BCUT2D eigenvalue weighted by atomic mass is 9.68. The average Bonchev–Trinajstić information content (AvgIpc) is 3.52. The minimum absolute atomic E-state index is 0.507. The summed E-state index contributed by atoms with van der Waals surface area (Å²) >= 11 is 0. The minimum atomic E-state index is -0.507. The van der Waals surface area contributed by atoms with Gasteiger partial charge in [-0.2, -0.15) is 5.10 Å². The Hall–Kier alpha value is -4.00. The summed E-state index contributed by atoms with van der Waals surface area (Å²) in [4.78, 5) is 4.26. The van der Waals surface area contributed by atoms with Crippen LogP contribution in [0.5, 0.6) is 17.2 Å². The molecule has 1 unspecified atom stereocenters. The Morgan fingerprint density at radius 1 is 0.969 bits per heavy atom. The van der Waals surface area contributed by atoms with Crippen LogP contribution in [0.3, 0.4) is 0 Å². The third-order valence-electron chi connectivity index (χ3n) is 6.02. The molecule has 162 valence electrons. The van der Waals surface area contributed by atoms with E-state index in [9.17, 15) is 0 Å². The molecule has 1 aliphatic carbocycles. The maximum atomic E-state index is 5.87. The van der Waals surface area contributed by atoms with E-state index in [1.807, 2.05) is 30.3 Å². The second kappa shape index (κ2) is 7.92. The number of allylic oxidation sites excluding steroid dienone is 1. The summed E-state index contributed by atoms with van der Waals surface area (Å²) < 4.78 is 22.2. The largest absolute Gasteiger partial charge is 0.493 e. The van der Waals surface area contributed by atoms with Crippen molar-refractivity contribution in [3.63, 3.8) is 0 Å². The number of hydrogen-bond acceptors (Lipinski definition) is 6. The van der Waals surface area contributed by atoms with Gasteiger partial charge in [-0.3, -0.25) is 5.10 Å². The molecule has 0 amide bonds. The van der Waals surface area contributed by atoms with Gasteiger partial charge in [0.2, 0.25) is 5.75 Å². The van der Waals surface area contributed by atoms with Crippen LogP contribution in [0, 0.1) is 0 Å². The first-order valence-corrected chi connectivity index (χ1v) is 10.2. The van der Waals surface area contributed by atoms with E-state index in [-0.39, 0.29) is 0 Å². The third-order valence-corrected chi connectivity index (χ3v) is 6.02. The molecule has 0 saturated carbocycles. The van der Waals surface area contributed by atoms with Gasteiger partial charge >= 0.3 is 0 Å². The molecule has 2 aromatic heterocycles. The number of methoxy groups -OCH3 is 3. The number of aromatic nitrogens is 3. The summed E-state index contributed by atoms with van der Waals surface area (Å²) in [6.45, 7) is 0. The molecule has 32 heavy (non-hydrogen) atoms. The van der Waals surface area contributed by atoms with Crippen molar-refractivity contribution in [2.24, 2.45) is 0 Å². The van der Waals surface area contributed by atoms with Crippen LogP contribution in [0.15, 0.2) is 65.6 Å². The van der Waals surface area contributed by atoms with Crippen LogP contribution in [-0.4, -0.2) is 36.5 Å². The third kappa shape index (κ3) is 2.97. The molecule has 0 bridgehead atoms. The molecule has 2 aromatic carbocycles. The van der Waals surface area contributed by atoms with Crippen LogP contribution in [0.2, 0.25) is 0 Å². The van der Waals surface area contributed by atoms with Crippen molar-refractivity contribution >= 4 is 6.08 Å². The Bertz CT molecular complexity index is 1260. The van der Waals surface area contributed by atoms with E-state index >= 15 is 0 Å². The van der Waals surface area contributed by atoms with Crippen LogP contribution in [0.25, 0.3) is 17.5 Å². The number of nitrogens with zero attached hydrogens (tertiary/aromatic N) is 2. The van der Waals surface area contributed by atoms with Crippen molar-refractivity contribution in [2.45, 2.75) is 11.8 Å². The number of hydrogen-bond donors (Lipinski definition) is 1. The topological polar surface area (TPSA) is 82.4 Å². The fourth-order valence-electron chi connectivity index (χ4n) is 4.52. The van der Waals surface area contributed by atoms with E-state index in [0.717, 1.165) is 28.1 Å².